The van der Waals surface area contributed by atoms with Crippen molar-refractivity contribution in [2.45, 2.75) is 38.6 Å². The fourth-order valence-electron chi connectivity index (χ4n) is 3.57. The smallest absolute Gasteiger partial charge is 0.321 e. The lowest BCUT2D eigenvalue weighted by molar-refractivity contribution is -0.121. The lowest BCUT2D eigenvalue weighted by atomic mass is 9.86. The van der Waals surface area contributed by atoms with Crippen molar-refractivity contribution in [3.63, 3.8) is 0 Å². The van der Waals surface area contributed by atoms with E-state index in [1.807, 2.05) is 11.6 Å². The molecule has 8 heteroatoms. The molecule has 0 spiro atoms. The number of imide groups is 1. The standard InChI is InChI=1S/C17H27N5O2S/c1-13-4-2-3-5-14(13)19-16(24)20-15(23)12-21-7-9-22(10-8-21)17-18-6-11-25-17/h6,11,13-14H,2-5,7-10,12H2,1H3,(H2,19,20,23,24). The third-order valence-corrected chi connectivity index (χ3v) is 5.94. The molecular weight excluding hydrogens is 338 g/mol. The molecular formula is C17H27N5O2S. The highest BCUT2D eigenvalue weighted by atomic mass is 32.1. The molecule has 0 radical (unpaired) electrons. The van der Waals surface area contributed by atoms with Crippen LogP contribution < -0.4 is 15.5 Å². The number of nitrogens with one attached hydrogen (secondary N) is 2. The van der Waals surface area contributed by atoms with Crippen LogP contribution in [-0.4, -0.2) is 60.6 Å². The topological polar surface area (TPSA) is 77.6 Å². The number of amides is 3. The van der Waals surface area contributed by atoms with Crippen LogP contribution in [0, 0.1) is 5.92 Å². The minimum absolute atomic E-state index is 0.184. The summed E-state index contributed by atoms with van der Waals surface area (Å²) < 4.78 is 0. The third-order valence-electron chi connectivity index (χ3n) is 5.11. The summed E-state index contributed by atoms with van der Waals surface area (Å²) in [5.41, 5.74) is 0. The molecule has 2 fully saturated rings. The molecule has 0 aromatic carbocycles. The van der Waals surface area contributed by atoms with Crippen LogP contribution in [0.2, 0.25) is 0 Å². The van der Waals surface area contributed by atoms with Crippen molar-refractivity contribution in [2.24, 2.45) is 5.92 Å². The average Bonchev–Trinajstić information content (AvgIpc) is 3.12. The number of hydrogen-bond acceptors (Lipinski definition) is 6. The average molecular weight is 366 g/mol. The van der Waals surface area contributed by atoms with Crippen molar-refractivity contribution >= 4 is 28.4 Å². The Labute approximate surface area is 152 Å². The number of urea groups is 1. The SMILES string of the molecule is CC1CCCCC1NC(=O)NC(=O)CN1CCN(c2nccs2)CC1. The Balaban J connectivity index is 1.37. The van der Waals surface area contributed by atoms with Gasteiger partial charge in [0.1, 0.15) is 0 Å². The summed E-state index contributed by atoms with van der Waals surface area (Å²) in [4.78, 5) is 32.8. The maximum atomic E-state index is 12.1. The van der Waals surface area contributed by atoms with E-state index in [0.29, 0.717) is 5.92 Å². The Morgan fingerprint density at radius 2 is 2.00 bits per heavy atom. The minimum Gasteiger partial charge on any atom is -0.346 e. The molecule has 3 rings (SSSR count). The molecule has 2 atom stereocenters. The molecule has 25 heavy (non-hydrogen) atoms. The number of carbonyl (C=O) groups is 2. The molecule has 1 aliphatic heterocycles. The first-order valence-electron chi connectivity index (χ1n) is 9.09. The van der Waals surface area contributed by atoms with E-state index in [1.165, 1.54) is 6.42 Å². The summed E-state index contributed by atoms with van der Waals surface area (Å²) in [6.07, 6.45) is 6.33. The molecule has 2 N–H and O–H groups in total. The third kappa shape index (κ3) is 5.15. The fourth-order valence-corrected chi connectivity index (χ4v) is 4.27. The van der Waals surface area contributed by atoms with Gasteiger partial charge in [0.05, 0.1) is 6.54 Å². The summed E-state index contributed by atoms with van der Waals surface area (Å²) in [5.74, 6) is 0.247. The lowest BCUT2D eigenvalue weighted by Crippen LogP contribution is -2.52. The zero-order chi connectivity index (χ0) is 17.6. The van der Waals surface area contributed by atoms with Gasteiger partial charge >= 0.3 is 6.03 Å². The van der Waals surface area contributed by atoms with Crippen LogP contribution in [0.1, 0.15) is 32.6 Å². The van der Waals surface area contributed by atoms with Gasteiger partial charge in [-0.05, 0) is 18.8 Å². The van der Waals surface area contributed by atoms with Crippen LogP contribution in [-0.2, 0) is 4.79 Å². The number of aromatic nitrogens is 1. The Hall–Kier alpha value is -1.67. The predicted octanol–water partition coefficient (Wildman–Crippen LogP) is 1.67. The fraction of sp³-hybridized carbons (Fsp3) is 0.706. The van der Waals surface area contributed by atoms with Crippen molar-refractivity contribution in [3.05, 3.63) is 11.6 Å². The second kappa shape index (κ2) is 8.62. The molecule has 138 valence electrons. The van der Waals surface area contributed by atoms with Crippen molar-refractivity contribution < 1.29 is 9.59 Å². The van der Waals surface area contributed by atoms with Gasteiger partial charge in [0.15, 0.2) is 5.13 Å². The van der Waals surface area contributed by atoms with Crippen LogP contribution in [0.4, 0.5) is 9.93 Å². The Morgan fingerprint density at radius 1 is 1.24 bits per heavy atom. The first-order chi connectivity index (χ1) is 12.1. The van der Waals surface area contributed by atoms with E-state index in [4.69, 9.17) is 0 Å². The van der Waals surface area contributed by atoms with Crippen molar-refractivity contribution in [1.29, 1.82) is 0 Å². The number of nitrogens with zero attached hydrogens (tertiary/aromatic N) is 3. The van der Waals surface area contributed by atoms with E-state index in [9.17, 15) is 9.59 Å². The van der Waals surface area contributed by atoms with E-state index < -0.39 is 0 Å². The van der Waals surface area contributed by atoms with Crippen molar-refractivity contribution in [3.8, 4) is 0 Å². The number of hydrogen-bond donors (Lipinski definition) is 2. The molecule has 2 heterocycles. The molecule has 3 amide bonds. The van der Waals surface area contributed by atoms with Crippen molar-refractivity contribution in [1.82, 2.24) is 20.5 Å². The first-order valence-corrected chi connectivity index (χ1v) is 9.97. The molecule has 1 saturated heterocycles. The Morgan fingerprint density at radius 3 is 2.68 bits per heavy atom. The Kier molecular flexibility index (Phi) is 6.25. The molecule has 2 unspecified atom stereocenters. The van der Waals surface area contributed by atoms with Gasteiger partial charge < -0.3 is 10.2 Å². The highest BCUT2D eigenvalue weighted by molar-refractivity contribution is 7.13. The Bertz CT molecular complexity index is 572. The number of anilines is 1. The van der Waals surface area contributed by atoms with Crippen LogP contribution >= 0.6 is 11.3 Å². The van der Waals surface area contributed by atoms with Gasteiger partial charge in [-0.25, -0.2) is 9.78 Å². The second-order valence-electron chi connectivity index (χ2n) is 6.97. The monoisotopic (exact) mass is 365 g/mol. The minimum atomic E-state index is -0.356. The largest absolute Gasteiger partial charge is 0.346 e. The van der Waals surface area contributed by atoms with Crippen LogP contribution in [0.3, 0.4) is 0 Å². The van der Waals surface area contributed by atoms with Gasteiger partial charge in [0.2, 0.25) is 5.91 Å². The van der Waals surface area contributed by atoms with Gasteiger partial charge in [-0.2, -0.15) is 0 Å². The van der Waals surface area contributed by atoms with Crippen LogP contribution in [0.5, 0.6) is 0 Å². The highest BCUT2D eigenvalue weighted by Crippen LogP contribution is 2.23. The highest BCUT2D eigenvalue weighted by Gasteiger charge is 2.24. The summed E-state index contributed by atoms with van der Waals surface area (Å²) in [6.45, 7) is 5.73. The quantitative estimate of drug-likeness (QED) is 0.849. The molecule has 1 aromatic rings. The van der Waals surface area contributed by atoms with Gasteiger partial charge in [-0.15, -0.1) is 11.3 Å². The molecule has 1 saturated carbocycles. The second-order valence-corrected chi connectivity index (χ2v) is 7.84. The number of piperazine rings is 1. The molecule has 2 aliphatic rings. The first kappa shape index (κ1) is 18.1. The number of carbonyl (C=O) groups excluding carboxylic acids is 2. The lowest BCUT2D eigenvalue weighted by Gasteiger charge is -2.34. The van der Waals surface area contributed by atoms with E-state index in [0.717, 1.165) is 50.6 Å². The van der Waals surface area contributed by atoms with E-state index >= 15 is 0 Å². The van der Waals surface area contributed by atoms with E-state index in [1.54, 1.807) is 11.3 Å². The van der Waals surface area contributed by atoms with Gasteiger partial charge in [-0.1, -0.05) is 19.8 Å². The summed E-state index contributed by atoms with van der Waals surface area (Å²) in [5, 5.41) is 8.44. The summed E-state index contributed by atoms with van der Waals surface area (Å²) >= 11 is 1.63. The maximum absolute atomic E-state index is 12.1. The molecule has 1 aromatic heterocycles. The zero-order valence-corrected chi connectivity index (χ0v) is 15.6. The predicted molar refractivity (Wildman–Crippen MR) is 98.9 cm³/mol. The van der Waals surface area contributed by atoms with E-state index in [2.05, 4.69) is 32.3 Å². The molecule has 7 nitrogen and oxygen atoms in total. The molecule has 1 aliphatic carbocycles. The summed E-state index contributed by atoms with van der Waals surface area (Å²) in [7, 11) is 0. The van der Waals surface area contributed by atoms with Crippen LogP contribution in [0.25, 0.3) is 0 Å². The number of thiazole rings is 1. The van der Waals surface area contributed by atoms with Gasteiger partial charge in [0.25, 0.3) is 0 Å². The van der Waals surface area contributed by atoms with E-state index in [-0.39, 0.29) is 24.5 Å². The maximum Gasteiger partial charge on any atom is 0.321 e. The van der Waals surface area contributed by atoms with Gasteiger partial charge in [-0.3, -0.25) is 15.0 Å². The number of rotatable bonds is 4. The van der Waals surface area contributed by atoms with Gasteiger partial charge in [0, 0.05) is 43.8 Å². The summed E-state index contributed by atoms with van der Waals surface area (Å²) in [6, 6.07) is -0.173. The van der Waals surface area contributed by atoms with Crippen molar-refractivity contribution in [2.75, 3.05) is 37.6 Å². The zero-order valence-electron chi connectivity index (χ0n) is 14.7. The normalized spacial score (nSPS) is 24.8. The van der Waals surface area contributed by atoms with Crippen LogP contribution in [0.15, 0.2) is 11.6 Å². The molecule has 0 bridgehead atoms.